The van der Waals surface area contributed by atoms with E-state index >= 15 is 0 Å². The van der Waals surface area contributed by atoms with E-state index in [1.807, 2.05) is 6.07 Å². The topological polar surface area (TPSA) is 88.5 Å². The van der Waals surface area contributed by atoms with Crippen LogP contribution < -0.4 is 5.32 Å². The average Bonchev–Trinajstić information content (AvgIpc) is 2.92. The molecule has 0 radical (unpaired) electrons. The number of rotatable bonds is 6. The summed E-state index contributed by atoms with van der Waals surface area (Å²) in [5.41, 5.74) is 0.650. The fourth-order valence-corrected chi connectivity index (χ4v) is 1.68. The first kappa shape index (κ1) is 13.3. The van der Waals surface area contributed by atoms with Crippen LogP contribution >= 0.6 is 0 Å². The van der Waals surface area contributed by atoms with E-state index in [-0.39, 0.29) is 5.69 Å². The molecule has 1 aromatic heterocycles. The number of nitrogens with zero attached hydrogens (tertiary/aromatic N) is 1. The van der Waals surface area contributed by atoms with Crippen LogP contribution in [0.3, 0.4) is 0 Å². The Morgan fingerprint density at radius 2 is 2.05 bits per heavy atom. The molecule has 0 saturated carbocycles. The number of furan rings is 1. The van der Waals surface area contributed by atoms with Crippen molar-refractivity contribution in [2.75, 3.05) is 6.54 Å². The Balaban J connectivity index is 1.85. The number of aliphatic hydroxyl groups is 1. The van der Waals surface area contributed by atoms with E-state index in [0.717, 1.165) is 5.76 Å². The van der Waals surface area contributed by atoms with Gasteiger partial charge in [-0.25, -0.2) is 0 Å². The molecule has 1 atom stereocenters. The summed E-state index contributed by atoms with van der Waals surface area (Å²) in [6.07, 6.45) is 0.875. The van der Waals surface area contributed by atoms with Gasteiger partial charge in [0, 0.05) is 18.7 Å². The number of hydrogen-bond acceptors (Lipinski definition) is 5. The first-order valence-electron chi connectivity index (χ1n) is 5.82. The van der Waals surface area contributed by atoms with Crippen LogP contribution in [-0.4, -0.2) is 16.6 Å². The third-order valence-corrected chi connectivity index (χ3v) is 2.71. The third-order valence-electron chi connectivity index (χ3n) is 2.71. The van der Waals surface area contributed by atoms with E-state index in [1.54, 1.807) is 24.5 Å². The van der Waals surface area contributed by atoms with Gasteiger partial charge in [-0.05, 0) is 29.8 Å². The van der Waals surface area contributed by atoms with Crippen molar-refractivity contribution in [3.8, 4) is 0 Å². The van der Waals surface area contributed by atoms with E-state index in [1.165, 1.54) is 12.1 Å². The molecule has 0 aliphatic heterocycles. The largest absolute Gasteiger partial charge is 0.468 e. The number of hydrogen-bond donors (Lipinski definition) is 2. The molecule has 100 valence electrons. The predicted molar refractivity (Wildman–Crippen MR) is 68.5 cm³/mol. The normalized spacial score (nSPS) is 12.3. The maximum atomic E-state index is 10.5. The first-order valence-corrected chi connectivity index (χ1v) is 5.82. The standard InChI is InChI=1S/C13H14N2O4/c16-13(9-14-8-12-2-1-7-19-12)10-3-5-11(6-4-10)15(17)18/h1-7,13-14,16H,8-9H2. The third kappa shape index (κ3) is 3.64. The zero-order valence-corrected chi connectivity index (χ0v) is 10.2. The summed E-state index contributed by atoms with van der Waals surface area (Å²) in [4.78, 5) is 10.0. The summed E-state index contributed by atoms with van der Waals surface area (Å²) in [5, 5.41) is 23.5. The van der Waals surface area contributed by atoms with E-state index in [9.17, 15) is 15.2 Å². The summed E-state index contributed by atoms with van der Waals surface area (Å²) in [6.45, 7) is 0.871. The number of nitrogens with one attached hydrogen (secondary N) is 1. The molecule has 6 heteroatoms. The van der Waals surface area contributed by atoms with Crippen molar-refractivity contribution in [2.24, 2.45) is 0 Å². The lowest BCUT2D eigenvalue weighted by atomic mass is 10.1. The summed E-state index contributed by atoms with van der Waals surface area (Å²) in [7, 11) is 0. The average molecular weight is 262 g/mol. The van der Waals surface area contributed by atoms with Gasteiger partial charge in [-0.15, -0.1) is 0 Å². The van der Waals surface area contributed by atoms with Gasteiger partial charge in [0.1, 0.15) is 5.76 Å². The second-order valence-corrected chi connectivity index (χ2v) is 4.07. The lowest BCUT2D eigenvalue weighted by Gasteiger charge is -2.11. The molecule has 2 aromatic rings. The summed E-state index contributed by atoms with van der Waals surface area (Å²) in [5.74, 6) is 0.788. The van der Waals surface area contributed by atoms with Crippen LogP contribution in [0.5, 0.6) is 0 Å². The molecule has 2 rings (SSSR count). The number of nitro groups is 1. The molecule has 1 unspecified atom stereocenters. The molecule has 0 aliphatic carbocycles. The summed E-state index contributed by atoms with van der Waals surface area (Å²) >= 11 is 0. The molecule has 19 heavy (non-hydrogen) atoms. The number of nitro benzene ring substituents is 1. The van der Waals surface area contributed by atoms with Crippen LogP contribution in [0.2, 0.25) is 0 Å². The molecule has 0 spiro atoms. The molecular formula is C13H14N2O4. The maximum absolute atomic E-state index is 10.5. The highest BCUT2D eigenvalue weighted by Gasteiger charge is 2.10. The van der Waals surface area contributed by atoms with E-state index in [2.05, 4.69) is 5.32 Å². The van der Waals surface area contributed by atoms with Gasteiger partial charge in [-0.3, -0.25) is 10.1 Å². The number of non-ortho nitro benzene ring substituents is 1. The molecule has 0 amide bonds. The molecule has 2 N–H and O–H groups in total. The first-order chi connectivity index (χ1) is 9.16. The van der Waals surface area contributed by atoms with Crippen molar-refractivity contribution in [3.63, 3.8) is 0 Å². The Labute approximate surface area is 109 Å². The van der Waals surface area contributed by atoms with E-state index < -0.39 is 11.0 Å². The van der Waals surface area contributed by atoms with Crippen molar-refractivity contribution in [1.29, 1.82) is 0 Å². The Kier molecular flexibility index (Phi) is 4.27. The van der Waals surface area contributed by atoms with Gasteiger partial charge in [-0.2, -0.15) is 0 Å². The summed E-state index contributed by atoms with van der Waals surface area (Å²) in [6, 6.07) is 9.50. The Morgan fingerprint density at radius 3 is 2.63 bits per heavy atom. The monoisotopic (exact) mass is 262 g/mol. The van der Waals surface area contributed by atoms with Gasteiger partial charge in [-0.1, -0.05) is 0 Å². The van der Waals surface area contributed by atoms with E-state index in [4.69, 9.17) is 4.42 Å². The van der Waals surface area contributed by atoms with Crippen molar-refractivity contribution >= 4 is 5.69 Å². The van der Waals surface area contributed by atoms with E-state index in [0.29, 0.717) is 18.7 Å². The van der Waals surface area contributed by atoms with Gasteiger partial charge >= 0.3 is 0 Å². The zero-order chi connectivity index (χ0) is 13.7. The molecule has 1 heterocycles. The van der Waals surface area contributed by atoms with Crippen LogP contribution in [0.15, 0.2) is 47.1 Å². The molecule has 0 aliphatic rings. The van der Waals surface area contributed by atoms with Crippen LogP contribution in [0.25, 0.3) is 0 Å². The van der Waals surface area contributed by atoms with Gasteiger partial charge in [0.2, 0.25) is 0 Å². The lowest BCUT2D eigenvalue weighted by Crippen LogP contribution is -2.20. The van der Waals surface area contributed by atoms with Crippen LogP contribution in [0.4, 0.5) is 5.69 Å². The van der Waals surface area contributed by atoms with Crippen LogP contribution in [0.1, 0.15) is 17.4 Å². The molecule has 0 saturated heterocycles. The molecule has 0 fully saturated rings. The highest BCUT2D eigenvalue weighted by molar-refractivity contribution is 5.33. The minimum atomic E-state index is -0.712. The number of aliphatic hydroxyl groups excluding tert-OH is 1. The van der Waals surface area contributed by atoms with Gasteiger partial charge < -0.3 is 14.8 Å². The summed E-state index contributed by atoms with van der Waals surface area (Å²) < 4.78 is 5.14. The Morgan fingerprint density at radius 1 is 1.32 bits per heavy atom. The van der Waals surface area contributed by atoms with Crippen molar-refractivity contribution < 1.29 is 14.4 Å². The molecule has 0 bridgehead atoms. The SMILES string of the molecule is O=[N+]([O-])c1ccc(C(O)CNCc2ccco2)cc1. The lowest BCUT2D eigenvalue weighted by molar-refractivity contribution is -0.384. The van der Waals surface area contributed by atoms with Crippen molar-refractivity contribution in [3.05, 3.63) is 64.1 Å². The Bertz CT molecular complexity index is 522. The zero-order valence-electron chi connectivity index (χ0n) is 10.2. The van der Waals surface area contributed by atoms with Gasteiger partial charge in [0.15, 0.2) is 0 Å². The van der Waals surface area contributed by atoms with Crippen molar-refractivity contribution in [1.82, 2.24) is 5.32 Å². The minimum absolute atomic E-state index is 0.0134. The molecule has 1 aromatic carbocycles. The predicted octanol–water partition coefficient (Wildman–Crippen LogP) is 2.01. The molecule has 6 nitrogen and oxygen atoms in total. The fourth-order valence-electron chi connectivity index (χ4n) is 1.68. The number of benzene rings is 1. The van der Waals surface area contributed by atoms with Crippen LogP contribution in [-0.2, 0) is 6.54 Å². The Hall–Kier alpha value is -2.18. The quantitative estimate of drug-likeness (QED) is 0.614. The maximum Gasteiger partial charge on any atom is 0.269 e. The van der Waals surface area contributed by atoms with Crippen LogP contribution in [0, 0.1) is 10.1 Å². The second-order valence-electron chi connectivity index (χ2n) is 4.07. The highest BCUT2D eigenvalue weighted by Crippen LogP contribution is 2.17. The van der Waals surface area contributed by atoms with Gasteiger partial charge in [0.25, 0.3) is 5.69 Å². The second kappa shape index (κ2) is 6.12. The molecular weight excluding hydrogens is 248 g/mol. The smallest absolute Gasteiger partial charge is 0.269 e. The minimum Gasteiger partial charge on any atom is -0.468 e. The van der Waals surface area contributed by atoms with Crippen molar-refractivity contribution in [2.45, 2.75) is 12.6 Å². The highest BCUT2D eigenvalue weighted by atomic mass is 16.6. The fraction of sp³-hybridized carbons (Fsp3) is 0.231. The van der Waals surface area contributed by atoms with Gasteiger partial charge in [0.05, 0.1) is 23.8 Å².